The fourth-order valence-electron chi connectivity index (χ4n) is 4.22. The van der Waals surface area contributed by atoms with Crippen LogP contribution >= 0.6 is 11.6 Å². The molecule has 0 aromatic heterocycles. The summed E-state index contributed by atoms with van der Waals surface area (Å²) in [7, 11) is 0. The van der Waals surface area contributed by atoms with E-state index >= 15 is 0 Å². The zero-order valence-electron chi connectivity index (χ0n) is 17.3. The van der Waals surface area contributed by atoms with Crippen LogP contribution in [0.1, 0.15) is 42.1 Å². The fraction of sp³-hybridized carbons (Fsp3) is 0.391. The van der Waals surface area contributed by atoms with Crippen molar-refractivity contribution in [2.45, 2.75) is 31.8 Å². The van der Waals surface area contributed by atoms with Crippen LogP contribution in [0, 0.1) is 0 Å². The highest BCUT2D eigenvalue weighted by Gasteiger charge is 2.50. The molecule has 0 atom stereocenters. The standard InChI is InChI=1S/C23H23ClN4O3/c1-14-25-19-13-17(24)12-18(20(19)26-14)15-2-4-16(5-3-15)21(29)27-8-10-28(11-9-27)22(30)23(31)6-7-23/h2-5,13,31H,6-12H2,1H3. The second-order valence-electron chi connectivity index (χ2n) is 8.44. The Labute approximate surface area is 185 Å². The van der Waals surface area contributed by atoms with Crippen molar-refractivity contribution in [3.05, 3.63) is 52.2 Å². The molecule has 1 aromatic rings. The average Bonchev–Trinajstić information content (AvgIpc) is 3.42. The monoisotopic (exact) mass is 438 g/mol. The van der Waals surface area contributed by atoms with E-state index in [1.54, 1.807) is 9.80 Å². The fourth-order valence-corrected chi connectivity index (χ4v) is 4.46. The molecule has 2 heterocycles. The molecule has 2 fully saturated rings. The van der Waals surface area contributed by atoms with Crippen molar-refractivity contribution < 1.29 is 14.7 Å². The first kappa shape index (κ1) is 20.2. The zero-order valence-corrected chi connectivity index (χ0v) is 18.0. The highest BCUT2D eigenvalue weighted by molar-refractivity contribution is 6.35. The lowest BCUT2D eigenvalue weighted by atomic mass is 9.93. The Bertz CT molecular complexity index is 1090. The van der Waals surface area contributed by atoms with Gasteiger partial charge in [0.2, 0.25) is 0 Å². The number of carbonyl (C=O) groups excluding carboxylic acids is 2. The number of amidine groups is 1. The molecule has 5 rings (SSSR count). The quantitative estimate of drug-likeness (QED) is 0.787. The molecular formula is C23H23ClN4O3. The molecule has 0 radical (unpaired) electrons. The number of allylic oxidation sites excluding steroid dienone is 3. The Morgan fingerprint density at radius 2 is 1.68 bits per heavy atom. The number of nitrogens with zero attached hydrogens (tertiary/aromatic N) is 4. The van der Waals surface area contributed by atoms with Gasteiger partial charge >= 0.3 is 0 Å². The summed E-state index contributed by atoms with van der Waals surface area (Å²) >= 11 is 6.32. The molecule has 1 saturated carbocycles. The van der Waals surface area contributed by atoms with Gasteiger partial charge in [-0.1, -0.05) is 23.7 Å². The largest absolute Gasteiger partial charge is 0.380 e. The normalized spacial score (nSPS) is 22.0. The van der Waals surface area contributed by atoms with E-state index in [9.17, 15) is 14.7 Å². The second kappa shape index (κ2) is 7.43. The van der Waals surface area contributed by atoms with Crippen LogP contribution in [0.2, 0.25) is 0 Å². The maximum Gasteiger partial charge on any atom is 0.254 e. The summed E-state index contributed by atoms with van der Waals surface area (Å²) in [5.74, 6) is 0.453. The van der Waals surface area contributed by atoms with Crippen LogP contribution in [0.5, 0.6) is 0 Å². The van der Waals surface area contributed by atoms with Crippen LogP contribution in [-0.4, -0.2) is 70.0 Å². The van der Waals surface area contributed by atoms with Crippen molar-refractivity contribution in [1.29, 1.82) is 0 Å². The van der Waals surface area contributed by atoms with Crippen LogP contribution in [0.3, 0.4) is 0 Å². The number of rotatable bonds is 3. The van der Waals surface area contributed by atoms with Crippen LogP contribution in [0.4, 0.5) is 0 Å². The van der Waals surface area contributed by atoms with E-state index in [4.69, 9.17) is 11.6 Å². The third kappa shape index (κ3) is 3.72. The van der Waals surface area contributed by atoms with Gasteiger partial charge in [0.05, 0.1) is 11.4 Å². The van der Waals surface area contributed by atoms with Crippen LogP contribution in [0.15, 0.2) is 51.1 Å². The molecule has 0 bridgehead atoms. The minimum atomic E-state index is -1.15. The second-order valence-corrected chi connectivity index (χ2v) is 8.93. The molecule has 0 unspecified atom stereocenters. The van der Waals surface area contributed by atoms with Crippen molar-refractivity contribution >= 4 is 40.5 Å². The molecule has 2 amide bonds. The van der Waals surface area contributed by atoms with Gasteiger partial charge in [-0.25, -0.2) is 9.98 Å². The summed E-state index contributed by atoms with van der Waals surface area (Å²) < 4.78 is 0. The smallest absolute Gasteiger partial charge is 0.254 e. The Balaban J connectivity index is 1.28. The lowest BCUT2D eigenvalue weighted by Crippen LogP contribution is -2.53. The van der Waals surface area contributed by atoms with Gasteiger partial charge in [0.15, 0.2) is 0 Å². The maximum absolute atomic E-state index is 12.9. The Kier molecular flexibility index (Phi) is 4.83. The third-order valence-electron chi connectivity index (χ3n) is 6.18. The molecule has 4 aliphatic rings. The molecule has 2 aliphatic heterocycles. The van der Waals surface area contributed by atoms with E-state index < -0.39 is 5.60 Å². The topological polar surface area (TPSA) is 85.6 Å². The highest BCUT2D eigenvalue weighted by Crippen LogP contribution is 2.37. The SMILES string of the molecule is CC1=NC2=C(c3ccc(C(=O)N4CCN(C(=O)C5(O)CC5)CC4)cc3)CC(Cl)=CC2=N1. The van der Waals surface area contributed by atoms with E-state index in [0.29, 0.717) is 61.9 Å². The van der Waals surface area contributed by atoms with Gasteiger partial charge in [-0.15, -0.1) is 0 Å². The molecular weight excluding hydrogens is 416 g/mol. The Morgan fingerprint density at radius 3 is 2.32 bits per heavy atom. The van der Waals surface area contributed by atoms with Crippen molar-refractivity contribution in [2.24, 2.45) is 9.98 Å². The maximum atomic E-state index is 12.9. The molecule has 2 aliphatic carbocycles. The molecule has 1 N–H and O–H groups in total. The number of carbonyl (C=O) groups is 2. The number of halogens is 1. The van der Waals surface area contributed by atoms with Crippen molar-refractivity contribution in [3.63, 3.8) is 0 Å². The van der Waals surface area contributed by atoms with Gasteiger partial charge in [0, 0.05) is 43.2 Å². The van der Waals surface area contributed by atoms with E-state index in [-0.39, 0.29) is 11.8 Å². The first-order valence-electron chi connectivity index (χ1n) is 10.5. The van der Waals surface area contributed by atoms with Gasteiger partial charge < -0.3 is 14.9 Å². The van der Waals surface area contributed by atoms with E-state index in [1.165, 1.54) is 0 Å². The van der Waals surface area contributed by atoms with E-state index in [0.717, 1.165) is 22.5 Å². The predicted octanol–water partition coefficient (Wildman–Crippen LogP) is 2.61. The van der Waals surface area contributed by atoms with Crippen LogP contribution in [0.25, 0.3) is 5.57 Å². The number of hydrogen-bond donors (Lipinski definition) is 1. The van der Waals surface area contributed by atoms with Crippen molar-refractivity contribution in [1.82, 2.24) is 9.80 Å². The molecule has 1 saturated heterocycles. The summed E-state index contributed by atoms with van der Waals surface area (Å²) in [6, 6.07) is 7.50. The zero-order chi connectivity index (χ0) is 21.8. The molecule has 0 spiro atoms. The number of aliphatic hydroxyl groups is 1. The Hall–Kier alpha value is -2.77. The van der Waals surface area contributed by atoms with Gasteiger partial charge in [0.25, 0.3) is 11.8 Å². The number of benzene rings is 1. The van der Waals surface area contributed by atoms with Gasteiger partial charge in [0.1, 0.15) is 11.4 Å². The first-order chi connectivity index (χ1) is 14.8. The van der Waals surface area contributed by atoms with E-state index in [2.05, 4.69) is 9.98 Å². The molecule has 8 heteroatoms. The minimum absolute atomic E-state index is 0.0556. The van der Waals surface area contributed by atoms with Crippen molar-refractivity contribution in [2.75, 3.05) is 26.2 Å². The summed E-state index contributed by atoms with van der Waals surface area (Å²) in [5.41, 5.74) is 3.06. The van der Waals surface area contributed by atoms with Gasteiger partial charge in [-0.3, -0.25) is 9.59 Å². The first-order valence-corrected chi connectivity index (χ1v) is 10.9. The van der Waals surface area contributed by atoms with Crippen LogP contribution < -0.4 is 0 Å². The van der Waals surface area contributed by atoms with Gasteiger partial charge in [-0.05, 0) is 49.1 Å². The average molecular weight is 439 g/mol. The molecule has 31 heavy (non-hydrogen) atoms. The predicted molar refractivity (Wildman–Crippen MR) is 119 cm³/mol. The lowest BCUT2D eigenvalue weighted by Gasteiger charge is -2.35. The molecule has 160 valence electrons. The summed E-state index contributed by atoms with van der Waals surface area (Å²) in [5, 5.41) is 10.7. The third-order valence-corrected chi connectivity index (χ3v) is 6.42. The Morgan fingerprint density at radius 1 is 1.03 bits per heavy atom. The summed E-state index contributed by atoms with van der Waals surface area (Å²) in [6.45, 7) is 3.69. The van der Waals surface area contributed by atoms with Crippen molar-refractivity contribution in [3.8, 4) is 0 Å². The van der Waals surface area contributed by atoms with Gasteiger partial charge in [-0.2, -0.15) is 0 Å². The summed E-state index contributed by atoms with van der Waals surface area (Å²) in [4.78, 5) is 37.6. The number of aliphatic imine (C=N–C) groups is 2. The number of hydrogen-bond acceptors (Lipinski definition) is 5. The molecule has 7 nitrogen and oxygen atoms in total. The lowest BCUT2D eigenvalue weighted by molar-refractivity contribution is -0.143. The molecule has 1 aromatic carbocycles. The van der Waals surface area contributed by atoms with E-state index in [1.807, 2.05) is 37.3 Å². The highest BCUT2D eigenvalue weighted by atomic mass is 35.5. The minimum Gasteiger partial charge on any atom is -0.380 e. The number of fused-ring (bicyclic) bond motifs is 1. The number of piperazine rings is 1. The summed E-state index contributed by atoms with van der Waals surface area (Å²) in [6.07, 6.45) is 3.51. The van der Waals surface area contributed by atoms with Crippen LogP contribution in [-0.2, 0) is 4.79 Å². The number of amides is 2.